The van der Waals surface area contributed by atoms with Gasteiger partial charge in [-0.15, -0.1) is 0 Å². The van der Waals surface area contributed by atoms with Gasteiger partial charge >= 0.3 is 0 Å². The van der Waals surface area contributed by atoms with Gasteiger partial charge in [0.2, 0.25) is 0 Å². The number of hydrogen-bond acceptors (Lipinski definition) is 4. The molecule has 17 heavy (non-hydrogen) atoms. The molecule has 0 amide bonds. The molecule has 0 fully saturated rings. The van der Waals surface area contributed by atoms with Gasteiger partial charge in [0.25, 0.3) is 0 Å². The second-order valence-corrected chi connectivity index (χ2v) is 3.73. The first-order valence-corrected chi connectivity index (χ1v) is 6.21. The van der Waals surface area contributed by atoms with Crippen molar-refractivity contribution in [2.45, 2.75) is 26.9 Å². The van der Waals surface area contributed by atoms with Crippen LogP contribution in [0, 0.1) is 0 Å². The van der Waals surface area contributed by atoms with Crippen LogP contribution in [0.1, 0.15) is 25.8 Å². The Kier molecular flexibility index (Phi) is 7.34. The highest BCUT2D eigenvalue weighted by Crippen LogP contribution is 2.07. The SMILES string of the molecule is CCCNc1cc(COCCOCC)ccn1. The van der Waals surface area contributed by atoms with Gasteiger partial charge in [0.05, 0.1) is 19.8 Å². The highest BCUT2D eigenvalue weighted by molar-refractivity contribution is 5.37. The third-order valence-corrected chi connectivity index (χ3v) is 2.23. The van der Waals surface area contributed by atoms with E-state index >= 15 is 0 Å². The Labute approximate surface area is 103 Å². The number of nitrogens with one attached hydrogen (secondary N) is 1. The number of pyridine rings is 1. The Morgan fingerprint density at radius 1 is 1.24 bits per heavy atom. The van der Waals surface area contributed by atoms with Crippen LogP contribution in [-0.2, 0) is 16.1 Å². The molecule has 0 saturated carbocycles. The van der Waals surface area contributed by atoms with E-state index in [1.807, 2.05) is 19.1 Å². The summed E-state index contributed by atoms with van der Waals surface area (Å²) in [6, 6.07) is 3.99. The van der Waals surface area contributed by atoms with Gasteiger partial charge in [0, 0.05) is 19.3 Å². The molecule has 0 saturated heterocycles. The Bertz CT molecular complexity index is 305. The summed E-state index contributed by atoms with van der Waals surface area (Å²) in [5.74, 6) is 0.915. The smallest absolute Gasteiger partial charge is 0.126 e. The predicted octanol–water partition coefficient (Wildman–Crippen LogP) is 2.46. The van der Waals surface area contributed by atoms with E-state index in [-0.39, 0.29) is 0 Å². The molecule has 1 aromatic rings. The lowest BCUT2D eigenvalue weighted by Gasteiger charge is -2.07. The Morgan fingerprint density at radius 3 is 2.82 bits per heavy atom. The van der Waals surface area contributed by atoms with Crippen molar-refractivity contribution in [3.8, 4) is 0 Å². The Balaban J connectivity index is 2.27. The van der Waals surface area contributed by atoms with Crippen molar-refractivity contribution in [1.82, 2.24) is 4.98 Å². The van der Waals surface area contributed by atoms with E-state index in [4.69, 9.17) is 9.47 Å². The van der Waals surface area contributed by atoms with E-state index in [1.54, 1.807) is 6.20 Å². The van der Waals surface area contributed by atoms with Crippen LogP contribution in [0.25, 0.3) is 0 Å². The monoisotopic (exact) mass is 238 g/mol. The molecule has 0 bridgehead atoms. The van der Waals surface area contributed by atoms with E-state index in [0.29, 0.717) is 19.8 Å². The van der Waals surface area contributed by atoms with Crippen LogP contribution in [-0.4, -0.2) is 31.3 Å². The highest BCUT2D eigenvalue weighted by atomic mass is 16.5. The normalized spacial score (nSPS) is 10.5. The zero-order valence-electron chi connectivity index (χ0n) is 10.7. The second-order valence-electron chi connectivity index (χ2n) is 3.73. The maximum absolute atomic E-state index is 5.50. The maximum atomic E-state index is 5.50. The molecule has 0 aliphatic rings. The zero-order valence-corrected chi connectivity index (χ0v) is 10.7. The maximum Gasteiger partial charge on any atom is 0.126 e. The van der Waals surface area contributed by atoms with Crippen LogP contribution < -0.4 is 5.32 Å². The number of hydrogen-bond donors (Lipinski definition) is 1. The fourth-order valence-corrected chi connectivity index (χ4v) is 1.37. The van der Waals surface area contributed by atoms with Crippen LogP contribution in [0.3, 0.4) is 0 Å². The van der Waals surface area contributed by atoms with Crippen LogP contribution >= 0.6 is 0 Å². The summed E-state index contributed by atoms with van der Waals surface area (Å²) in [4.78, 5) is 4.24. The van der Waals surface area contributed by atoms with Crippen LogP contribution in [0.15, 0.2) is 18.3 Å². The first kappa shape index (κ1) is 13.9. The largest absolute Gasteiger partial charge is 0.379 e. The molecule has 0 unspecified atom stereocenters. The van der Waals surface area contributed by atoms with Crippen molar-refractivity contribution in [2.75, 3.05) is 31.7 Å². The Morgan fingerprint density at radius 2 is 2.06 bits per heavy atom. The molecule has 1 rings (SSSR count). The highest BCUT2D eigenvalue weighted by Gasteiger charge is 1.97. The summed E-state index contributed by atoms with van der Waals surface area (Å²) in [5.41, 5.74) is 1.13. The lowest BCUT2D eigenvalue weighted by Crippen LogP contribution is -2.05. The van der Waals surface area contributed by atoms with Crippen molar-refractivity contribution in [1.29, 1.82) is 0 Å². The van der Waals surface area contributed by atoms with E-state index in [2.05, 4.69) is 17.2 Å². The van der Waals surface area contributed by atoms with Crippen molar-refractivity contribution in [3.05, 3.63) is 23.9 Å². The fraction of sp³-hybridized carbons (Fsp3) is 0.615. The summed E-state index contributed by atoms with van der Waals surface area (Å²) in [7, 11) is 0. The minimum absolute atomic E-state index is 0.608. The zero-order chi connectivity index (χ0) is 12.3. The van der Waals surface area contributed by atoms with E-state index in [0.717, 1.165) is 31.0 Å². The van der Waals surface area contributed by atoms with Gasteiger partial charge in [-0.3, -0.25) is 0 Å². The number of ether oxygens (including phenoxy) is 2. The summed E-state index contributed by atoms with van der Waals surface area (Å²) in [6.07, 6.45) is 2.90. The molecule has 1 aromatic heterocycles. The van der Waals surface area contributed by atoms with Crippen LogP contribution in [0.2, 0.25) is 0 Å². The quantitative estimate of drug-likeness (QED) is 0.671. The van der Waals surface area contributed by atoms with Gasteiger partial charge in [-0.25, -0.2) is 4.98 Å². The first-order valence-electron chi connectivity index (χ1n) is 6.21. The molecule has 4 heteroatoms. The lowest BCUT2D eigenvalue weighted by molar-refractivity contribution is 0.0453. The van der Waals surface area contributed by atoms with Gasteiger partial charge in [-0.1, -0.05) is 6.92 Å². The number of aromatic nitrogens is 1. The molecule has 1 heterocycles. The van der Waals surface area contributed by atoms with Crippen LogP contribution in [0.5, 0.6) is 0 Å². The van der Waals surface area contributed by atoms with E-state index in [9.17, 15) is 0 Å². The molecular formula is C13H22N2O2. The molecule has 0 aromatic carbocycles. The predicted molar refractivity (Wildman–Crippen MR) is 69.2 cm³/mol. The molecule has 0 spiro atoms. The van der Waals surface area contributed by atoms with Gasteiger partial charge < -0.3 is 14.8 Å². The van der Waals surface area contributed by atoms with E-state index in [1.165, 1.54) is 0 Å². The number of anilines is 1. The van der Waals surface area contributed by atoms with Crippen LogP contribution in [0.4, 0.5) is 5.82 Å². The van der Waals surface area contributed by atoms with Crippen molar-refractivity contribution < 1.29 is 9.47 Å². The molecule has 96 valence electrons. The standard InChI is InChI=1S/C13H22N2O2/c1-3-6-14-13-10-12(5-7-15-13)11-17-9-8-16-4-2/h5,7,10H,3-4,6,8-9,11H2,1-2H3,(H,14,15). The third-order valence-electron chi connectivity index (χ3n) is 2.23. The second kappa shape index (κ2) is 8.96. The topological polar surface area (TPSA) is 43.4 Å². The Hall–Kier alpha value is -1.13. The molecular weight excluding hydrogens is 216 g/mol. The average molecular weight is 238 g/mol. The number of rotatable bonds is 9. The molecule has 1 N–H and O–H groups in total. The minimum atomic E-state index is 0.608. The van der Waals surface area contributed by atoms with Crippen molar-refractivity contribution >= 4 is 5.82 Å². The van der Waals surface area contributed by atoms with Gasteiger partial charge in [-0.05, 0) is 31.0 Å². The molecule has 4 nitrogen and oxygen atoms in total. The molecule has 0 aliphatic carbocycles. The molecule has 0 aliphatic heterocycles. The lowest BCUT2D eigenvalue weighted by atomic mass is 10.3. The fourth-order valence-electron chi connectivity index (χ4n) is 1.37. The molecule has 0 atom stereocenters. The summed E-state index contributed by atoms with van der Waals surface area (Å²) >= 11 is 0. The molecule has 0 radical (unpaired) electrons. The number of nitrogens with zero attached hydrogens (tertiary/aromatic N) is 1. The van der Waals surface area contributed by atoms with Crippen molar-refractivity contribution in [2.24, 2.45) is 0 Å². The summed E-state index contributed by atoms with van der Waals surface area (Å²) in [6.45, 7) is 7.69. The first-order chi connectivity index (χ1) is 8.36. The van der Waals surface area contributed by atoms with E-state index < -0.39 is 0 Å². The summed E-state index contributed by atoms with van der Waals surface area (Å²) < 4.78 is 10.7. The summed E-state index contributed by atoms with van der Waals surface area (Å²) in [5, 5.41) is 3.25. The van der Waals surface area contributed by atoms with Gasteiger partial charge in [0.1, 0.15) is 5.82 Å². The van der Waals surface area contributed by atoms with Crippen molar-refractivity contribution in [3.63, 3.8) is 0 Å². The average Bonchev–Trinajstić information content (AvgIpc) is 2.37. The third kappa shape index (κ3) is 6.24. The van der Waals surface area contributed by atoms with Gasteiger partial charge in [-0.2, -0.15) is 0 Å². The van der Waals surface area contributed by atoms with Gasteiger partial charge in [0.15, 0.2) is 0 Å². The minimum Gasteiger partial charge on any atom is -0.379 e.